The third kappa shape index (κ3) is 5.01. The number of carbonyl (C=O) groups excluding carboxylic acids is 2. The summed E-state index contributed by atoms with van der Waals surface area (Å²) in [4.78, 5) is 34.0. The van der Waals surface area contributed by atoms with Gasteiger partial charge in [-0.3, -0.25) is 19.6 Å². The molecule has 166 valence electrons. The lowest BCUT2D eigenvalue weighted by Gasteiger charge is -2.19. The largest absolute Gasteiger partial charge is 0.343 e. The summed E-state index contributed by atoms with van der Waals surface area (Å²) in [6.45, 7) is -1.32. The highest BCUT2D eigenvalue weighted by Gasteiger charge is 2.47. The Bertz CT molecular complexity index is 1290. The second-order valence-corrected chi connectivity index (χ2v) is 7.69. The van der Waals surface area contributed by atoms with Crippen LogP contribution in [-0.4, -0.2) is 51.7 Å². The van der Waals surface area contributed by atoms with Crippen molar-refractivity contribution in [3.05, 3.63) is 71.8 Å². The number of aromatic nitrogens is 2. The molecular weight excluding hydrogens is 428 g/mol. The molecule has 0 radical (unpaired) electrons. The van der Waals surface area contributed by atoms with Gasteiger partial charge in [-0.25, -0.2) is 8.78 Å². The van der Waals surface area contributed by atoms with Crippen LogP contribution in [0.3, 0.4) is 0 Å². The number of halogens is 2. The number of alkyl halides is 2. The molecule has 1 aliphatic rings. The summed E-state index contributed by atoms with van der Waals surface area (Å²) < 4.78 is 27.1. The van der Waals surface area contributed by atoms with Gasteiger partial charge < -0.3 is 10.2 Å². The zero-order chi connectivity index (χ0) is 23.4. The smallest absolute Gasteiger partial charge is 0.268 e. The second kappa shape index (κ2) is 9.12. The molecule has 2 aromatic heterocycles. The van der Waals surface area contributed by atoms with Crippen molar-refractivity contribution in [2.45, 2.75) is 18.4 Å². The zero-order valence-corrected chi connectivity index (χ0v) is 17.4. The Kier molecular flexibility index (Phi) is 6.09. The number of nitrogens with one attached hydrogen (secondary N) is 1. The van der Waals surface area contributed by atoms with E-state index in [0.717, 1.165) is 21.2 Å². The summed E-state index contributed by atoms with van der Waals surface area (Å²) in [5.41, 5.74) is 1.72. The fourth-order valence-corrected chi connectivity index (χ4v) is 3.68. The number of hydrogen-bond donors (Lipinski definition) is 1. The number of amides is 2. The van der Waals surface area contributed by atoms with Crippen molar-refractivity contribution in [3.63, 3.8) is 0 Å². The molecule has 4 rings (SSSR count). The lowest BCUT2D eigenvalue weighted by molar-refractivity contribution is -0.131. The molecule has 0 saturated carbocycles. The molecule has 0 aliphatic carbocycles. The molecule has 9 heteroatoms. The van der Waals surface area contributed by atoms with Crippen LogP contribution >= 0.6 is 0 Å². The van der Waals surface area contributed by atoms with Crippen molar-refractivity contribution in [2.75, 3.05) is 13.1 Å². The first-order valence-corrected chi connectivity index (χ1v) is 10.2. The molecule has 1 aromatic carbocycles. The predicted octanol–water partition coefficient (Wildman–Crippen LogP) is 3.29. The van der Waals surface area contributed by atoms with Crippen molar-refractivity contribution in [1.29, 1.82) is 5.26 Å². The van der Waals surface area contributed by atoms with Gasteiger partial charge in [0, 0.05) is 47.7 Å². The van der Waals surface area contributed by atoms with E-state index in [1.54, 1.807) is 24.5 Å². The number of fused-ring (bicyclic) bond motifs is 1. The van der Waals surface area contributed by atoms with Gasteiger partial charge >= 0.3 is 0 Å². The number of likely N-dealkylation sites (tertiary alicyclic amines) is 1. The van der Waals surface area contributed by atoms with Gasteiger partial charge in [0.2, 0.25) is 5.91 Å². The van der Waals surface area contributed by atoms with Crippen molar-refractivity contribution < 1.29 is 18.4 Å². The standard InChI is InChI=1S/C24H19F2N5O2/c25-24(26)10-20(11-27)31(15-24)22(32)14-30-23(33)21-6-8-29-13-19(21)4-2-16-1-3-18-12-28-7-5-17(18)9-16/h1-9,12-13,20H,10,14-15H2,(H,30,33)/b4-2+. The topological polar surface area (TPSA) is 99.0 Å². The van der Waals surface area contributed by atoms with E-state index in [9.17, 15) is 18.4 Å². The summed E-state index contributed by atoms with van der Waals surface area (Å²) >= 11 is 0. The summed E-state index contributed by atoms with van der Waals surface area (Å²) in [5.74, 6) is -4.39. The van der Waals surface area contributed by atoms with Crippen molar-refractivity contribution >= 4 is 34.7 Å². The highest BCUT2D eigenvalue weighted by molar-refractivity contribution is 6.00. The van der Waals surface area contributed by atoms with Crippen LogP contribution in [0.4, 0.5) is 8.78 Å². The Balaban J connectivity index is 1.45. The first-order chi connectivity index (χ1) is 15.9. The molecule has 1 aliphatic heterocycles. The molecule has 1 fully saturated rings. The lowest BCUT2D eigenvalue weighted by Crippen LogP contribution is -2.43. The number of benzene rings is 1. The minimum absolute atomic E-state index is 0.280. The fraction of sp³-hybridized carbons (Fsp3) is 0.208. The quantitative estimate of drug-likeness (QED) is 0.647. The van der Waals surface area contributed by atoms with E-state index in [1.165, 1.54) is 18.5 Å². The molecule has 1 saturated heterocycles. The SMILES string of the molecule is N#CC1CC(F)(F)CN1C(=O)CNC(=O)c1ccncc1/C=C/c1ccc2cnccc2c1. The molecule has 1 unspecified atom stereocenters. The van der Waals surface area contributed by atoms with Gasteiger partial charge in [-0.2, -0.15) is 5.26 Å². The highest BCUT2D eigenvalue weighted by atomic mass is 19.3. The number of hydrogen-bond acceptors (Lipinski definition) is 5. The Morgan fingerprint density at radius 3 is 2.76 bits per heavy atom. The molecule has 3 heterocycles. The summed E-state index contributed by atoms with van der Waals surface area (Å²) in [6, 6.07) is 9.77. The second-order valence-electron chi connectivity index (χ2n) is 7.69. The van der Waals surface area contributed by atoms with E-state index in [-0.39, 0.29) is 5.56 Å². The van der Waals surface area contributed by atoms with Crippen molar-refractivity contribution in [2.24, 2.45) is 0 Å². The molecule has 7 nitrogen and oxygen atoms in total. The monoisotopic (exact) mass is 447 g/mol. The van der Waals surface area contributed by atoms with E-state index in [2.05, 4.69) is 15.3 Å². The van der Waals surface area contributed by atoms with Gasteiger partial charge in [-0.1, -0.05) is 24.3 Å². The average Bonchev–Trinajstić information content (AvgIpc) is 3.15. The van der Waals surface area contributed by atoms with E-state index in [1.807, 2.05) is 30.3 Å². The molecule has 0 bridgehead atoms. The maximum Gasteiger partial charge on any atom is 0.268 e. The molecular formula is C24H19F2N5O2. The molecule has 33 heavy (non-hydrogen) atoms. The van der Waals surface area contributed by atoms with Crippen LogP contribution < -0.4 is 5.32 Å². The minimum Gasteiger partial charge on any atom is -0.343 e. The van der Waals surface area contributed by atoms with Gasteiger partial charge in [0.05, 0.1) is 19.2 Å². The van der Waals surface area contributed by atoms with Crippen LogP contribution in [-0.2, 0) is 4.79 Å². The first-order valence-electron chi connectivity index (χ1n) is 10.2. The maximum atomic E-state index is 13.6. The van der Waals surface area contributed by atoms with Crippen molar-refractivity contribution in [3.8, 4) is 6.07 Å². The van der Waals surface area contributed by atoms with Gasteiger partial charge in [-0.05, 0) is 29.1 Å². The molecule has 2 amide bonds. The number of nitriles is 1. The van der Waals surface area contributed by atoms with E-state index in [4.69, 9.17) is 5.26 Å². The molecule has 3 aromatic rings. The molecule has 1 N–H and O–H groups in total. The number of carbonyl (C=O) groups is 2. The highest BCUT2D eigenvalue weighted by Crippen LogP contribution is 2.31. The molecule has 0 spiro atoms. The van der Waals surface area contributed by atoms with Crippen LogP contribution in [0.1, 0.15) is 27.9 Å². The van der Waals surface area contributed by atoms with E-state index in [0.29, 0.717) is 5.56 Å². The van der Waals surface area contributed by atoms with Crippen LogP contribution in [0, 0.1) is 11.3 Å². The van der Waals surface area contributed by atoms with Gasteiger partial charge in [0.1, 0.15) is 6.04 Å². The Morgan fingerprint density at radius 1 is 1.15 bits per heavy atom. The average molecular weight is 447 g/mol. The van der Waals surface area contributed by atoms with Gasteiger partial charge in [0.15, 0.2) is 0 Å². The predicted molar refractivity (Wildman–Crippen MR) is 118 cm³/mol. The van der Waals surface area contributed by atoms with Crippen LogP contribution in [0.25, 0.3) is 22.9 Å². The maximum absolute atomic E-state index is 13.6. The van der Waals surface area contributed by atoms with Gasteiger partial charge in [0.25, 0.3) is 11.8 Å². The summed E-state index contributed by atoms with van der Waals surface area (Å²) in [7, 11) is 0. The number of nitrogens with zero attached hydrogens (tertiary/aromatic N) is 4. The Hall–Kier alpha value is -4.19. The van der Waals surface area contributed by atoms with Crippen molar-refractivity contribution in [1.82, 2.24) is 20.2 Å². The lowest BCUT2D eigenvalue weighted by atomic mass is 10.1. The fourth-order valence-electron chi connectivity index (χ4n) is 3.68. The van der Waals surface area contributed by atoms with E-state index < -0.39 is 43.3 Å². The van der Waals surface area contributed by atoms with Gasteiger partial charge in [-0.15, -0.1) is 0 Å². The van der Waals surface area contributed by atoms with Crippen LogP contribution in [0.2, 0.25) is 0 Å². The normalized spacial score (nSPS) is 17.2. The summed E-state index contributed by atoms with van der Waals surface area (Å²) in [6.07, 6.45) is 9.32. The molecule has 1 atom stereocenters. The van der Waals surface area contributed by atoms with Crippen LogP contribution in [0.15, 0.2) is 55.1 Å². The number of pyridine rings is 2. The Morgan fingerprint density at radius 2 is 1.94 bits per heavy atom. The number of rotatable bonds is 5. The van der Waals surface area contributed by atoms with E-state index >= 15 is 0 Å². The summed E-state index contributed by atoms with van der Waals surface area (Å²) in [5, 5.41) is 13.5. The first kappa shape index (κ1) is 22.0. The minimum atomic E-state index is -3.11. The zero-order valence-electron chi connectivity index (χ0n) is 17.4. The third-order valence-electron chi connectivity index (χ3n) is 5.36. The Labute approximate surface area is 188 Å². The third-order valence-corrected chi connectivity index (χ3v) is 5.36. The van der Waals surface area contributed by atoms with Crippen LogP contribution in [0.5, 0.6) is 0 Å².